The maximum absolute atomic E-state index is 12.9. The SMILES string of the molecule is O=[N+]([O-])c1cc(F)cc(C=CCO)c1O. The lowest BCUT2D eigenvalue weighted by Gasteiger charge is -2.00. The molecular weight excluding hydrogens is 205 g/mol. The van der Waals surface area contributed by atoms with Gasteiger partial charge in [0.15, 0.2) is 0 Å². The van der Waals surface area contributed by atoms with Crippen LogP contribution in [0.15, 0.2) is 18.2 Å². The van der Waals surface area contributed by atoms with E-state index in [1.165, 1.54) is 12.2 Å². The third kappa shape index (κ3) is 2.50. The first-order valence-electron chi connectivity index (χ1n) is 4.00. The Balaban J connectivity index is 3.28. The fourth-order valence-corrected chi connectivity index (χ4v) is 1.05. The second-order valence-corrected chi connectivity index (χ2v) is 2.70. The largest absolute Gasteiger partial charge is 0.502 e. The van der Waals surface area contributed by atoms with Crippen LogP contribution in [0.5, 0.6) is 5.75 Å². The number of nitro benzene ring substituents is 1. The molecule has 2 N–H and O–H groups in total. The third-order valence-corrected chi connectivity index (χ3v) is 1.68. The maximum Gasteiger partial charge on any atom is 0.314 e. The Hall–Kier alpha value is -1.95. The lowest BCUT2D eigenvalue weighted by atomic mass is 10.1. The van der Waals surface area contributed by atoms with Gasteiger partial charge in [0.1, 0.15) is 5.82 Å². The highest BCUT2D eigenvalue weighted by molar-refractivity contribution is 5.64. The Labute approximate surface area is 84.2 Å². The summed E-state index contributed by atoms with van der Waals surface area (Å²) in [5, 5.41) is 28.2. The summed E-state index contributed by atoms with van der Waals surface area (Å²) in [5.41, 5.74) is -0.747. The lowest BCUT2D eigenvalue weighted by molar-refractivity contribution is -0.386. The van der Waals surface area contributed by atoms with Crippen molar-refractivity contribution in [2.24, 2.45) is 0 Å². The van der Waals surface area contributed by atoms with E-state index in [0.29, 0.717) is 6.07 Å². The fourth-order valence-electron chi connectivity index (χ4n) is 1.05. The predicted molar refractivity (Wildman–Crippen MR) is 50.8 cm³/mol. The summed E-state index contributed by atoms with van der Waals surface area (Å²) in [7, 11) is 0. The van der Waals surface area contributed by atoms with Crippen molar-refractivity contribution in [2.75, 3.05) is 6.61 Å². The van der Waals surface area contributed by atoms with Gasteiger partial charge in [0, 0.05) is 5.56 Å². The van der Waals surface area contributed by atoms with Gasteiger partial charge >= 0.3 is 5.69 Å². The second kappa shape index (κ2) is 4.52. The van der Waals surface area contributed by atoms with Gasteiger partial charge in [-0.05, 0) is 6.07 Å². The third-order valence-electron chi connectivity index (χ3n) is 1.68. The van der Waals surface area contributed by atoms with E-state index in [-0.39, 0.29) is 12.2 Å². The predicted octanol–water partition coefficient (Wildman–Crippen LogP) is 1.44. The summed E-state index contributed by atoms with van der Waals surface area (Å²) >= 11 is 0. The highest BCUT2D eigenvalue weighted by Gasteiger charge is 2.17. The number of aliphatic hydroxyl groups is 1. The topological polar surface area (TPSA) is 83.6 Å². The van der Waals surface area contributed by atoms with E-state index in [1.54, 1.807) is 0 Å². The molecule has 0 aliphatic rings. The van der Waals surface area contributed by atoms with Gasteiger partial charge in [0.05, 0.1) is 17.6 Å². The van der Waals surface area contributed by atoms with E-state index in [4.69, 9.17) is 5.11 Å². The van der Waals surface area contributed by atoms with Crippen molar-refractivity contribution in [3.63, 3.8) is 0 Å². The average Bonchev–Trinajstić information content (AvgIpc) is 2.18. The molecule has 0 spiro atoms. The molecule has 1 rings (SSSR count). The van der Waals surface area contributed by atoms with Crippen LogP contribution in [0.4, 0.5) is 10.1 Å². The molecule has 0 bridgehead atoms. The van der Waals surface area contributed by atoms with Crippen LogP contribution >= 0.6 is 0 Å². The van der Waals surface area contributed by atoms with Gasteiger partial charge in [-0.25, -0.2) is 4.39 Å². The van der Waals surface area contributed by atoms with Gasteiger partial charge < -0.3 is 10.2 Å². The van der Waals surface area contributed by atoms with Gasteiger partial charge in [0.2, 0.25) is 5.75 Å². The number of nitro groups is 1. The fraction of sp³-hybridized carbons (Fsp3) is 0.111. The summed E-state index contributed by atoms with van der Waals surface area (Å²) in [5.74, 6) is -1.44. The first-order chi connectivity index (χ1) is 7.06. The molecule has 0 fully saturated rings. The quantitative estimate of drug-likeness (QED) is 0.587. The molecule has 15 heavy (non-hydrogen) atoms. The molecule has 5 nitrogen and oxygen atoms in total. The van der Waals surface area contributed by atoms with Crippen molar-refractivity contribution in [1.82, 2.24) is 0 Å². The zero-order valence-electron chi connectivity index (χ0n) is 7.55. The Morgan fingerprint density at radius 1 is 1.53 bits per heavy atom. The molecular formula is C9H8FNO4. The molecule has 1 aromatic rings. The Morgan fingerprint density at radius 3 is 2.73 bits per heavy atom. The van der Waals surface area contributed by atoms with E-state index in [1.807, 2.05) is 0 Å². The summed E-state index contributed by atoms with van der Waals surface area (Å²) in [4.78, 5) is 9.53. The monoisotopic (exact) mass is 213 g/mol. The highest BCUT2D eigenvalue weighted by atomic mass is 19.1. The summed E-state index contributed by atoms with van der Waals surface area (Å²) in [6.45, 7) is -0.302. The van der Waals surface area contributed by atoms with Crippen LogP contribution in [0.2, 0.25) is 0 Å². The Morgan fingerprint density at radius 2 is 2.20 bits per heavy atom. The molecule has 0 radical (unpaired) electrons. The highest BCUT2D eigenvalue weighted by Crippen LogP contribution is 2.31. The minimum atomic E-state index is -0.880. The van der Waals surface area contributed by atoms with Crippen LogP contribution in [0.1, 0.15) is 5.56 Å². The van der Waals surface area contributed by atoms with Gasteiger partial charge in [-0.2, -0.15) is 0 Å². The molecule has 0 aliphatic heterocycles. The van der Waals surface area contributed by atoms with Crippen molar-refractivity contribution in [1.29, 1.82) is 0 Å². The zero-order valence-corrected chi connectivity index (χ0v) is 7.55. The number of nitrogens with zero attached hydrogens (tertiary/aromatic N) is 1. The Kier molecular flexibility index (Phi) is 3.35. The number of phenols is 1. The number of rotatable bonds is 3. The number of halogens is 1. The molecule has 0 heterocycles. The number of phenolic OH excluding ortho intramolecular Hbond substituents is 1. The molecule has 0 amide bonds. The van der Waals surface area contributed by atoms with Crippen molar-refractivity contribution in [3.8, 4) is 5.75 Å². The van der Waals surface area contributed by atoms with Crippen molar-refractivity contribution < 1.29 is 19.5 Å². The van der Waals surface area contributed by atoms with E-state index < -0.39 is 22.2 Å². The number of hydrogen-bond donors (Lipinski definition) is 2. The molecule has 80 valence electrons. The number of aliphatic hydroxyl groups excluding tert-OH is 1. The lowest BCUT2D eigenvalue weighted by Crippen LogP contribution is -1.92. The van der Waals surface area contributed by atoms with Gasteiger partial charge in [0.25, 0.3) is 0 Å². The van der Waals surface area contributed by atoms with Gasteiger partial charge in [-0.1, -0.05) is 12.2 Å². The van der Waals surface area contributed by atoms with Crippen molar-refractivity contribution in [3.05, 3.63) is 39.7 Å². The molecule has 0 aromatic heterocycles. The van der Waals surface area contributed by atoms with E-state index in [2.05, 4.69) is 0 Å². The Bertz CT molecular complexity index is 417. The first-order valence-corrected chi connectivity index (χ1v) is 4.00. The molecule has 0 aliphatic carbocycles. The summed E-state index contributed by atoms with van der Waals surface area (Å²) in [6.07, 6.45) is 2.43. The second-order valence-electron chi connectivity index (χ2n) is 2.70. The minimum absolute atomic E-state index is 0.0456. The average molecular weight is 213 g/mol. The zero-order chi connectivity index (χ0) is 11.4. The van der Waals surface area contributed by atoms with Crippen molar-refractivity contribution in [2.45, 2.75) is 0 Å². The number of benzene rings is 1. The number of hydrogen-bond acceptors (Lipinski definition) is 4. The van der Waals surface area contributed by atoms with Gasteiger partial charge in [-0.3, -0.25) is 10.1 Å². The van der Waals surface area contributed by atoms with E-state index in [0.717, 1.165) is 6.07 Å². The standard InChI is InChI=1S/C9H8FNO4/c10-7-4-6(2-1-3-12)9(13)8(5-7)11(14)15/h1-2,4-5,12-13H,3H2. The molecule has 6 heteroatoms. The van der Waals surface area contributed by atoms with E-state index >= 15 is 0 Å². The van der Waals surface area contributed by atoms with Crippen LogP contribution in [-0.4, -0.2) is 21.7 Å². The smallest absolute Gasteiger partial charge is 0.314 e. The van der Waals surface area contributed by atoms with Crippen LogP contribution in [0.25, 0.3) is 6.08 Å². The summed E-state index contributed by atoms with van der Waals surface area (Å²) < 4.78 is 12.9. The van der Waals surface area contributed by atoms with Crippen LogP contribution in [-0.2, 0) is 0 Å². The molecule has 0 unspecified atom stereocenters. The number of aromatic hydroxyl groups is 1. The molecule has 0 atom stereocenters. The van der Waals surface area contributed by atoms with Crippen LogP contribution in [0.3, 0.4) is 0 Å². The first kappa shape index (κ1) is 11.1. The van der Waals surface area contributed by atoms with Crippen molar-refractivity contribution >= 4 is 11.8 Å². The minimum Gasteiger partial charge on any atom is -0.502 e. The van der Waals surface area contributed by atoms with Crippen LogP contribution in [0, 0.1) is 15.9 Å². The normalized spacial score (nSPS) is 10.8. The maximum atomic E-state index is 12.9. The molecule has 0 saturated heterocycles. The molecule has 0 saturated carbocycles. The van der Waals surface area contributed by atoms with E-state index in [9.17, 15) is 19.6 Å². The van der Waals surface area contributed by atoms with Gasteiger partial charge in [-0.15, -0.1) is 0 Å². The summed E-state index contributed by atoms with van der Waals surface area (Å²) in [6, 6.07) is 1.57. The molecule has 1 aromatic carbocycles. The van der Waals surface area contributed by atoms with Crippen LogP contribution < -0.4 is 0 Å².